The van der Waals surface area contributed by atoms with Gasteiger partial charge in [-0.05, 0) is 47.9 Å². The normalized spacial score (nSPS) is 12.2. The largest absolute Gasteiger partial charge is 0.354 e. The molecule has 3 aromatic rings. The van der Waals surface area contributed by atoms with E-state index in [2.05, 4.69) is 21.2 Å². The summed E-state index contributed by atoms with van der Waals surface area (Å²) >= 11 is 3.36. The van der Waals surface area contributed by atoms with Crippen molar-refractivity contribution in [2.75, 3.05) is 17.4 Å². The van der Waals surface area contributed by atoms with Crippen molar-refractivity contribution in [3.05, 3.63) is 95.0 Å². The minimum absolute atomic E-state index is 0.113. The molecule has 30 heavy (non-hydrogen) atoms. The van der Waals surface area contributed by atoms with Crippen LogP contribution in [0.5, 0.6) is 0 Å². The summed E-state index contributed by atoms with van der Waals surface area (Å²) in [6, 6.07) is 24.8. The summed E-state index contributed by atoms with van der Waals surface area (Å²) in [5.41, 5.74) is 1.53. The highest BCUT2D eigenvalue weighted by Crippen LogP contribution is 2.25. The standard InChI is InChI=1S/C23H23BrN2O3S/c1-18(19-8-4-2-5-9-19)16-25-23(27)17-26(21-14-12-20(24)13-15-21)30(28,29)22-10-6-3-7-11-22/h2-15,18H,16-17H2,1H3,(H,25,27)/t18-/m0/s1. The Morgan fingerprint density at radius 1 is 0.933 bits per heavy atom. The second-order valence-corrected chi connectivity index (χ2v) is 9.69. The molecule has 156 valence electrons. The first-order chi connectivity index (χ1) is 14.4. The zero-order valence-corrected chi connectivity index (χ0v) is 18.9. The van der Waals surface area contributed by atoms with Gasteiger partial charge in [-0.3, -0.25) is 9.10 Å². The number of amides is 1. The molecule has 0 radical (unpaired) electrons. The van der Waals surface area contributed by atoms with E-state index in [1.165, 1.54) is 12.1 Å². The van der Waals surface area contributed by atoms with Crippen LogP contribution < -0.4 is 9.62 Å². The van der Waals surface area contributed by atoms with E-state index < -0.39 is 10.0 Å². The van der Waals surface area contributed by atoms with Crippen LogP contribution in [0.2, 0.25) is 0 Å². The molecule has 0 aliphatic heterocycles. The Morgan fingerprint density at radius 2 is 1.50 bits per heavy atom. The quantitative estimate of drug-likeness (QED) is 0.507. The van der Waals surface area contributed by atoms with Gasteiger partial charge in [0.25, 0.3) is 10.0 Å². The molecule has 0 spiro atoms. The van der Waals surface area contributed by atoms with Crippen LogP contribution in [0.3, 0.4) is 0 Å². The summed E-state index contributed by atoms with van der Waals surface area (Å²) in [6.45, 7) is 2.13. The van der Waals surface area contributed by atoms with E-state index in [9.17, 15) is 13.2 Å². The highest BCUT2D eigenvalue weighted by Gasteiger charge is 2.27. The number of rotatable bonds is 8. The Bertz CT molecular complexity index is 1070. The molecule has 1 atom stereocenters. The fraction of sp³-hybridized carbons (Fsp3) is 0.174. The molecule has 1 amide bonds. The lowest BCUT2D eigenvalue weighted by Gasteiger charge is -2.24. The maximum Gasteiger partial charge on any atom is 0.264 e. The van der Waals surface area contributed by atoms with Crippen molar-refractivity contribution in [3.8, 4) is 0 Å². The molecule has 1 N–H and O–H groups in total. The van der Waals surface area contributed by atoms with Crippen molar-refractivity contribution in [1.29, 1.82) is 0 Å². The molecule has 0 aliphatic carbocycles. The molecule has 0 aromatic heterocycles. The van der Waals surface area contributed by atoms with E-state index in [0.717, 1.165) is 14.3 Å². The third-order valence-corrected chi connectivity index (χ3v) is 7.02. The number of nitrogens with zero attached hydrogens (tertiary/aromatic N) is 1. The summed E-state index contributed by atoms with van der Waals surface area (Å²) in [5.74, 6) is -0.248. The molecular formula is C23H23BrN2O3S. The van der Waals surface area contributed by atoms with Gasteiger partial charge in [-0.15, -0.1) is 0 Å². The molecular weight excluding hydrogens is 464 g/mol. The fourth-order valence-corrected chi connectivity index (χ4v) is 4.70. The van der Waals surface area contributed by atoms with Crippen LogP contribution in [0, 0.1) is 0 Å². The van der Waals surface area contributed by atoms with E-state index in [-0.39, 0.29) is 23.3 Å². The van der Waals surface area contributed by atoms with Crippen molar-refractivity contribution >= 4 is 37.5 Å². The zero-order chi connectivity index (χ0) is 21.6. The molecule has 0 bridgehead atoms. The van der Waals surface area contributed by atoms with Crippen molar-refractivity contribution < 1.29 is 13.2 Å². The number of hydrogen-bond donors (Lipinski definition) is 1. The highest BCUT2D eigenvalue weighted by molar-refractivity contribution is 9.10. The van der Waals surface area contributed by atoms with Gasteiger partial charge in [-0.1, -0.05) is 71.4 Å². The monoisotopic (exact) mass is 486 g/mol. The average Bonchev–Trinajstić information content (AvgIpc) is 2.77. The van der Waals surface area contributed by atoms with E-state index in [4.69, 9.17) is 0 Å². The van der Waals surface area contributed by atoms with Gasteiger partial charge in [-0.2, -0.15) is 0 Å². The second-order valence-electron chi connectivity index (χ2n) is 6.92. The van der Waals surface area contributed by atoms with Crippen molar-refractivity contribution in [3.63, 3.8) is 0 Å². The van der Waals surface area contributed by atoms with Crippen LogP contribution in [-0.2, 0) is 14.8 Å². The number of benzene rings is 3. The van der Waals surface area contributed by atoms with Crippen LogP contribution in [0.4, 0.5) is 5.69 Å². The average molecular weight is 487 g/mol. The first-order valence-corrected chi connectivity index (χ1v) is 11.8. The topological polar surface area (TPSA) is 66.5 Å². The summed E-state index contributed by atoms with van der Waals surface area (Å²) in [7, 11) is -3.90. The second kappa shape index (κ2) is 9.91. The summed E-state index contributed by atoms with van der Waals surface area (Å²) in [4.78, 5) is 12.8. The molecule has 0 aliphatic rings. The van der Waals surface area contributed by atoms with Gasteiger partial charge in [0.1, 0.15) is 6.54 Å². The van der Waals surface area contributed by atoms with E-state index in [1.807, 2.05) is 37.3 Å². The Balaban J connectivity index is 1.79. The summed E-state index contributed by atoms with van der Waals surface area (Å²) in [6.07, 6.45) is 0. The number of anilines is 1. The molecule has 5 nitrogen and oxygen atoms in total. The number of nitrogens with one attached hydrogen (secondary N) is 1. The van der Waals surface area contributed by atoms with E-state index in [1.54, 1.807) is 42.5 Å². The molecule has 0 saturated heterocycles. The Kier molecular flexibility index (Phi) is 7.29. The molecule has 0 fully saturated rings. The SMILES string of the molecule is C[C@@H](CNC(=O)CN(c1ccc(Br)cc1)S(=O)(=O)c1ccccc1)c1ccccc1. The fourth-order valence-electron chi connectivity index (χ4n) is 2.99. The lowest BCUT2D eigenvalue weighted by Crippen LogP contribution is -2.41. The smallest absolute Gasteiger partial charge is 0.264 e. The maximum atomic E-state index is 13.2. The van der Waals surface area contributed by atoms with Crippen molar-refractivity contribution in [1.82, 2.24) is 5.32 Å². The van der Waals surface area contributed by atoms with Crippen LogP contribution in [-0.4, -0.2) is 27.4 Å². The lowest BCUT2D eigenvalue weighted by molar-refractivity contribution is -0.119. The first kappa shape index (κ1) is 22.1. The number of sulfonamides is 1. The molecule has 3 rings (SSSR count). The van der Waals surface area contributed by atoms with Gasteiger partial charge < -0.3 is 5.32 Å². The van der Waals surface area contributed by atoms with Gasteiger partial charge in [0, 0.05) is 11.0 Å². The van der Waals surface area contributed by atoms with Crippen LogP contribution >= 0.6 is 15.9 Å². The molecule has 3 aromatic carbocycles. The Hall–Kier alpha value is -2.64. The zero-order valence-electron chi connectivity index (χ0n) is 16.5. The molecule has 0 heterocycles. The van der Waals surface area contributed by atoms with Crippen molar-refractivity contribution in [2.45, 2.75) is 17.7 Å². The third kappa shape index (κ3) is 5.49. The van der Waals surface area contributed by atoms with Crippen molar-refractivity contribution in [2.24, 2.45) is 0 Å². The summed E-state index contributed by atoms with van der Waals surface area (Å²) in [5, 5.41) is 2.86. The maximum absolute atomic E-state index is 13.2. The van der Waals surface area contributed by atoms with Gasteiger partial charge in [0.05, 0.1) is 10.6 Å². The van der Waals surface area contributed by atoms with Crippen LogP contribution in [0.25, 0.3) is 0 Å². The van der Waals surface area contributed by atoms with Gasteiger partial charge in [0.2, 0.25) is 5.91 Å². The predicted octanol–water partition coefficient (Wildman–Crippen LogP) is 4.56. The Labute approximate surface area is 185 Å². The van der Waals surface area contributed by atoms with Gasteiger partial charge >= 0.3 is 0 Å². The van der Waals surface area contributed by atoms with Crippen LogP contribution in [0.1, 0.15) is 18.4 Å². The minimum Gasteiger partial charge on any atom is -0.354 e. The van der Waals surface area contributed by atoms with Gasteiger partial charge in [-0.25, -0.2) is 8.42 Å². The predicted molar refractivity (Wildman–Crippen MR) is 123 cm³/mol. The molecule has 0 saturated carbocycles. The molecule has 0 unspecified atom stereocenters. The van der Waals surface area contributed by atoms with Crippen LogP contribution in [0.15, 0.2) is 94.3 Å². The summed E-state index contributed by atoms with van der Waals surface area (Å²) < 4.78 is 28.5. The van der Waals surface area contributed by atoms with E-state index >= 15 is 0 Å². The first-order valence-electron chi connectivity index (χ1n) is 9.53. The number of carbonyl (C=O) groups is 1. The third-order valence-electron chi connectivity index (χ3n) is 4.71. The van der Waals surface area contributed by atoms with E-state index in [0.29, 0.717) is 12.2 Å². The minimum atomic E-state index is -3.90. The highest BCUT2D eigenvalue weighted by atomic mass is 79.9. The number of hydrogen-bond acceptors (Lipinski definition) is 3. The number of carbonyl (C=O) groups excluding carboxylic acids is 1. The van der Waals surface area contributed by atoms with Gasteiger partial charge in [0.15, 0.2) is 0 Å². The lowest BCUT2D eigenvalue weighted by atomic mass is 10.0. The molecule has 7 heteroatoms. The number of halogens is 1. The Morgan fingerprint density at radius 3 is 2.10 bits per heavy atom.